The number of piperidine rings is 1. The Morgan fingerprint density at radius 2 is 2.06 bits per heavy atom. The highest BCUT2D eigenvalue weighted by Gasteiger charge is 2.36. The maximum Gasteiger partial charge on any atom is 0.419 e. The number of amides is 1. The van der Waals surface area contributed by atoms with Gasteiger partial charge >= 0.3 is 12.3 Å². The van der Waals surface area contributed by atoms with Crippen molar-refractivity contribution < 1.29 is 22.7 Å². The lowest BCUT2D eigenvalue weighted by molar-refractivity contribution is -0.137. The van der Waals surface area contributed by atoms with Gasteiger partial charge in [0.15, 0.2) is 0 Å². The largest absolute Gasteiger partial charge is 0.444 e. The zero-order valence-corrected chi connectivity index (χ0v) is 18.5. The van der Waals surface area contributed by atoms with Crippen molar-refractivity contribution in [1.82, 2.24) is 24.8 Å². The number of nitrogens with one attached hydrogen (secondary N) is 2. The fourth-order valence-corrected chi connectivity index (χ4v) is 3.79. The number of anilines is 1. The predicted molar refractivity (Wildman–Crippen MR) is 117 cm³/mol. The van der Waals surface area contributed by atoms with Crippen LogP contribution in [0.1, 0.15) is 39.2 Å². The van der Waals surface area contributed by atoms with E-state index in [4.69, 9.17) is 4.74 Å². The summed E-state index contributed by atoms with van der Waals surface area (Å²) in [5.41, 5.74) is -1.03. The molecule has 1 aliphatic rings. The van der Waals surface area contributed by atoms with Gasteiger partial charge in [-0.1, -0.05) is 0 Å². The molecule has 0 aromatic carbocycles. The number of pyridine rings is 1. The Morgan fingerprint density at radius 1 is 1.27 bits per heavy atom. The summed E-state index contributed by atoms with van der Waals surface area (Å²) >= 11 is 0. The van der Waals surface area contributed by atoms with Gasteiger partial charge in [0.2, 0.25) is 5.95 Å². The number of nitrogens with zero attached hydrogens (tertiary/aromatic N) is 4. The quantitative estimate of drug-likeness (QED) is 0.578. The van der Waals surface area contributed by atoms with Gasteiger partial charge in [0, 0.05) is 48.7 Å². The van der Waals surface area contributed by atoms with E-state index in [9.17, 15) is 18.0 Å². The van der Waals surface area contributed by atoms with Crippen LogP contribution in [0.2, 0.25) is 0 Å². The number of rotatable bonds is 3. The van der Waals surface area contributed by atoms with Crippen LogP contribution < -0.4 is 5.32 Å². The van der Waals surface area contributed by atoms with Crippen LogP contribution in [0.15, 0.2) is 30.7 Å². The minimum Gasteiger partial charge on any atom is -0.444 e. The van der Waals surface area contributed by atoms with E-state index in [0.29, 0.717) is 24.1 Å². The number of fused-ring (bicyclic) bond motifs is 1. The van der Waals surface area contributed by atoms with Crippen LogP contribution in [-0.4, -0.2) is 55.7 Å². The number of carbonyl (C=O) groups is 1. The number of hydrogen-bond acceptors (Lipinski definition) is 6. The molecular formula is C22H25F3N6O2. The summed E-state index contributed by atoms with van der Waals surface area (Å²) < 4.78 is 46.6. The van der Waals surface area contributed by atoms with Gasteiger partial charge in [0.25, 0.3) is 0 Å². The molecule has 1 atom stereocenters. The van der Waals surface area contributed by atoms with E-state index < -0.39 is 23.4 Å². The second kappa shape index (κ2) is 8.53. The van der Waals surface area contributed by atoms with Crippen LogP contribution in [-0.2, 0) is 10.9 Å². The molecule has 0 bridgehead atoms. The van der Waals surface area contributed by atoms with Crippen molar-refractivity contribution in [2.45, 2.75) is 51.4 Å². The molecule has 4 heterocycles. The number of aromatic amines is 1. The molecule has 4 rings (SSSR count). The van der Waals surface area contributed by atoms with Gasteiger partial charge in [0.05, 0.1) is 5.69 Å². The van der Waals surface area contributed by atoms with E-state index in [-0.39, 0.29) is 23.2 Å². The first-order valence-corrected chi connectivity index (χ1v) is 10.6. The van der Waals surface area contributed by atoms with E-state index in [1.165, 1.54) is 6.20 Å². The predicted octanol–water partition coefficient (Wildman–Crippen LogP) is 4.85. The molecule has 3 aromatic rings. The second-order valence-electron chi connectivity index (χ2n) is 8.97. The van der Waals surface area contributed by atoms with E-state index >= 15 is 0 Å². The summed E-state index contributed by atoms with van der Waals surface area (Å²) in [5, 5.41) is 3.62. The van der Waals surface area contributed by atoms with Crippen LogP contribution in [0.3, 0.4) is 0 Å². The number of carbonyl (C=O) groups excluding carboxylic acids is 1. The molecule has 3 aromatic heterocycles. The zero-order chi connectivity index (χ0) is 23.8. The van der Waals surface area contributed by atoms with Crippen molar-refractivity contribution >= 4 is 23.1 Å². The Morgan fingerprint density at radius 3 is 2.79 bits per heavy atom. The maximum atomic E-state index is 13.7. The van der Waals surface area contributed by atoms with Crippen molar-refractivity contribution in [3.8, 4) is 11.3 Å². The Hall–Kier alpha value is -3.37. The minimum absolute atomic E-state index is 0.0623. The molecule has 0 spiro atoms. The standard InChI is InChI=1S/C22H25F3N6O2/c1-21(2,3)33-20(32)31-9-5-6-13(12-31)29-19-28-11-16(22(23,24)25)17(30-19)15-10-27-18-14(15)7-4-8-26-18/h4,7-8,10-11,13H,5-6,9,12H2,1-3H3,(H,26,27)(H,28,29,30). The first kappa shape index (κ1) is 22.8. The van der Waals surface area contributed by atoms with Crippen LogP contribution in [0.5, 0.6) is 0 Å². The van der Waals surface area contributed by atoms with Crippen molar-refractivity contribution in [2.75, 3.05) is 18.4 Å². The lowest BCUT2D eigenvalue weighted by Crippen LogP contribution is -2.47. The number of halogens is 3. The summed E-state index contributed by atoms with van der Waals surface area (Å²) in [6, 6.07) is 3.12. The van der Waals surface area contributed by atoms with Crippen LogP contribution in [0.4, 0.5) is 23.9 Å². The van der Waals surface area contributed by atoms with Crippen LogP contribution in [0, 0.1) is 0 Å². The van der Waals surface area contributed by atoms with Gasteiger partial charge in [-0.3, -0.25) is 0 Å². The third-order valence-corrected chi connectivity index (χ3v) is 5.21. The number of hydrogen-bond donors (Lipinski definition) is 2. The lowest BCUT2D eigenvalue weighted by atomic mass is 10.1. The minimum atomic E-state index is -4.63. The van der Waals surface area contributed by atoms with Crippen LogP contribution >= 0.6 is 0 Å². The van der Waals surface area contributed by atoms with Gasteiger partial charge in [-0.25, -0.2) is 19.7 Å². The molecule has 2 N–H and O–H groups in total. The molecule has 1 amide bonds. The smallest absolute Gasteiger partial charge is 0.419 e. The van der Waals surface area contributed by atoms with Gasteiger partial charge in [-0.05, 0) is 45.7 Å². The Bertz CT molecular complexity index is 1150. The molecule has 1 saturated heterocycles. The molecular weight excluding hydrogens is 437 g/mol. The molecule has 0 saturated carbocycles. The van der Waals surface area contributed by atoms with Crippen molar-refractivity contribution in [2.24, 2.45) is 0 Å². The molecule has 1 fully saturated rings. The SMILES string of the molecule is CC(C)(C)OC(=O)N1CCCC(Nc2ncc(C(F)(F)F)c(-c3c[nH]c4ncccc34)n2)C1. The fraction of sp³-hybridized carbons (Fsp3) is 0.455. The third-order valence-electron chi connectivity index (χ3n) is 5.21. The first-order chi connectivity index (χ1) is 15.5. The highest BCUT2D eigenvalue weighted by Crippen LogP contribution is 2.38. The second-order valence-corrected chi connectivity index (χ2v) is 8.97. The van der Waals surface area contributed by atoms with E-state index in [1.54, 1.807) is 44.0 Å². The molecule has 8 nitrogen and oxygen atoms in total. The van der Waals surface area contributed by atoms with E-state index in [1.807, 2.05) is 0 Å². The molecule has 33 heavy (non-hydrogen) atoms. The van der Waals surface area contributed by atoms with Crippen molar-refractivity contribution in [1.29, 1.82) is 0 Å². The van der Waals surface area contributed by atoms with E-state index in [0.717, 1.165) is 19.0 Å². The summed E-state index contributed by atoms with van der Waals surface area (Å²) in [4.78, 5) is 29.2. The molecule has 176 valence electrons. The summed E-state index contributed by atoms with van der Waals surface area (Å²) in [7, 11) is 0. The fourth-order valence-electron chi connectivity index (χ4n) is 3.79. The first-order valence-electron chi connectivity index (χ1n) is 10.6. The van der Waals surface area contributed by atoms with Crippen molar-refractivity contribution in [3.63, 3.8) is 0 Å². The topological polar surface area (TPSA) is 96.0 Å². The summed E-state index contributed by atoms with van der Waals surface area (Å²) in [6.07, 6.45) is 0.194. The molecule has 11 heteroatoms. The van der Waals surface area contributed by atoms with E-state index in [2.05, 4.69) is 25.3 Å². The van der Waals surface area contributed by atoms with Gasteiger partial charge < -0.3 is 19.9 Å². The highest BCUT2D eigenvalue weighted by atomic mass is 19.4. The Kier molecular flexibility index (Phi) is 5.89. The Balaban J connectivity index is 1.60. The lowest BCUT2D eigenvalue weighted by Gasteiger charge is -2.34. The van der Waals surface area contributed by atoms with Crippen molar-refractivity contribution in [3.05, 3.63) is 36.3 Å². The van der Waals surface area contributed by atoms with Gasteiger partial charge in [-0.2, -0.15) is 13.2 Å². The molecule has 1 unspecified atom stereocenters. The highest BCUT2D eigenvalue weighted by molar-refractivity contribution is 5.93. The number of ether oxygens (including phenoxy) is 1. The summed E-state index contributed by atoms with van der Waals surface area (Å²) in [6.45, 7) is 6.27. The number of alkyl halides is 3. The zero-order valence-electron chi connectivity index (χ0n) is 18.5. The monoisotopic (exact) mass is 462 g/mol. The molecule has 1 aliphatic heterocycles. The Labute approximate surface area is 188 Å². The van der Waals surface area contributed by atoms with Crippen LogP contribution in [0.25, 0.3) is 22.3 Å². The molecule has 0 radical (unpaired) electrons. The number of aromatic nitrogens is 4. The maximum absolute atomic E-state index is 13.7. The van der Waals surface area contributed by atoms with Gasteiger partial charge in [-0.15, -0.1) is 0 Å². The normalized spacial score (nSPS) is 17.3. The third kappa shape index (κ3) is 5.18. The summed E-state index contributed by atoms with van der Waals surface area (Å²) in [5.74, 6) is 0.0623. The van der Waals surface area contributed by atoms with Gasteiger partial charge in [0.1, 0.15) is 16.8 Å². The average molecular weight is 462 g/mol. The molecule has 0 aliphatic carbocycles. The average Bonchev–Trinajstić information content (AvgIpc) is 3.16. The number of H-pyrrole nitrogens is 1. The number of likely N-dealkylation sites (tertiary alicyclic amines) is 1.